The smallest absolute Gasteiger partial charge is 0.185 e. The number of pyridine rings is 1. The van der Waals surface area contributed by atoms with Gasteiger partial charge >= 0.3 is 0 Å². The summed E-state index contributed by atoms with van der Waals surface area (Å²) in [4.78, 5) is 9.94. The number of ether oxygens (including phenoxy) is 1. The van der Waals surface area contributed by atoms with Gasteiger partial charge in [-0.05, 0) is 24.8 Å². The summed E-state index contributed by atoms with van der Waals surface area (Å²) in [5, 5.41) is 8.38. The van der Waals surface area contributed by atoms with Gasteiger partial charge in [0.25, 0.3) is 0 Å². The Morgan fingerprint density at radius 3 is 2.65 bits per heavy atom. The van der Waals surface area contributed by atoms with Gasteiger partial charge in [-0.1, -0.05) is 19.3 Å². The molecule has 1 saturated carbocycles. The van der Waals surface area contributed by atoms with Crippen molar-refractivity contribution in [2.75, 3.05) is 43.5 Å². The number of anilines is 2. The highest BCUT2D eigenvalue weighted by molar-refractivity contribution is 5.92. The van der Waals surface area contributed by atoms with Crippen LogP contribution in [0.15, 0.2) is 0 Å². The van der Waals surface area contributed by atoms with Crippen molar-refractivity contribution in [2.24, 2.45) is 0 Å². The number of fused-ring (bicyclic) bond motifs is 3. The van der Waals surface area contributed by atoms with Crippen molar-refractivity contribution in [3.63, 3.8) is 0 Å². The van der Waals surface area contributed by atoms with E-state index >= 15 is 0 Å². The molecule has 0 radical (unpaired) electrons. The van der Waals surface area contributed by atoms with Gasteiger partial charge in [0, 0.05) is 37.8 Å². The third-order valence-electron chi connectivity index (χ3n) is 6.33. The second-order valence-electron chi connectivity index (χ2n) is 7.84. The van der Waals surface area contributed by atoms with Crippen molar-refractivity contribution >= 4 is 22.7 Å². The van der Waals surface area contributed by atoms with E-state index in [1.165, 1.54) is 43.2 Å². The van der Waals surface area contributed by atoms with Crippen LogP contribution in [0.25, 0.3) is 11.0 Å². The number of rotatable bonds is 2. The molecule has 0 spiro atoms. The van der Waals surface area contributed by atoms with E-state index < -0.39 is 0 Å². The molecule has 1 aliphatic carbocycles. The lowest BCUT2D eigenvalue weighted by molar-refractivity contribution is 0.122. The van der Waals surface area contributed by atoms with Crippen LogP contribution in [-0.2, 0) is 17.7 Å². The van der Waals surface area contributed by atoms with E-state index in [0.29, 0.717) is 5.82 Å². The lowest BCUT2D eigenvalue weighted by Gasteiger charge is -2.39. The van der Waals surface area contributed by atoms with Gasteiger partial charge < -0.3 is 15.4 Å². The quantitative estimate of drug-likeness (QED) is 0.857. The minimum atomic E-state index is 0.655. The lowest BCUT2D eigenvalue weighted by atomic mass is 9.90. The molecule has 0 bridgehead atoms. The van der Waals surface area contributed by atoms with Crippen molar-refractivity contribution in [1.82, 2.24) is 20.1 Å². The molecule has 2 aromatic heterocycles. The van der Waals surface area contributed by atoms with Crippen molar-refractivity contribution in [2.45, 2.75) is 51.1 Å². The maximum atomic E-state index is 6.24. The zero-order valence-corrected chi connectivity index (χ0v) is 15.3. The van der Waals surface area contributed by atoms with Gasteiger partial charge in [-0.2, -0.15) is 5.10 Å². The highest BCUT2D eigenvalue weighted by Crippen LogP contribution is 2.37. The number of aromatic nitrogens is 3. The molecule has 0 unspecified atom stereocenters. The van der Waals surface area contributed by atoms with Crippen LogP contribution in [0.4, 0.5) is 11.6 Å². The monoisotopic (exact) mass is 356 g/mol. The number of hydrogen-bond acceptors (Lipinski definition) is 6. The highest BCUT2D eigenvalue weighted by Gasteiger charge is 2.31. The maximum absolute atomic E-state index is 6.24. The maximum Gasteiger partial charge on any atom is 0.185 e. The molecule has 140 valence electrons. The topological polar surface area (TPSA) is 83.3 Å². The van der Waals surface area contributed by atoms with Crippen LogP contribution < -0.4 is 10.6 Å². The third-order valence-corrected chi connectivity index (χ3v) is 6.33. The molecule has 0 aromatic carbocycles. The van der Waals surface area contributed by atoms with Crippen molar-refractivity contribution < 1.29 is 4.74 Å². The van der Waals surface area contributed by atoms with Gasteiger partial charge in [0.05, 0.1) is 18.6 Å². The molecular formula is C19H28N6O. The van der Waals surface area contributed by atoms with Crippen LogP contribution >= 0.6 is 0 Å². The fourth-order valence-electron chi connectivity index (χ4n) is 4.95. The van der Waals surface area contributed by atoms with Gasteiger partial charge in [-0.15, -0.1) is 0 Å². The average molecular weight is 356 g/mol. The summed E-state index contributed by atoms with van der Waals surface area (Å²) in [6.07, 6.45) is 7.85. The first-order valence-electron chi connectivity index (χ1n) is 10.0. The molecular weight excluding hydrogens is 328 g/mol. The molecule has 0 amide bonds. The van der Waals surface area contributed by atoms with Gasteiger partial charge in [-0.3, -0.25) is 10.00 Å². The van der Waals surface area contributed by atoms with Crippen LogP contribution in [0, 0.1) is 0 Å². The predicted octanol–water partition coefficient (Wildman–Crippen LogP) is 2.07. The normalized spacial score (nSPS) is 22.7. The number of nitrogen functional groups attached to an aromatic ring is 1. The van der Waals surface area contributed by atoms with Crippen LogP contribution in [0.2, 0.25) is 0 Å². The molecule has 26 heavy (non-hydrogen) atoms. The summed E-state index contributed by atoms with van der Waals surface area (Å²) in [7, 11) is 0. The zero-order valence-electron chi connectivity index (χ0n) is 15.3. The van der Waals surface area contributed by atoms with Crippen molar-refractivity contribution in [1.29, 1.82) is 0 Å². The Balaban J connectivity index is 1.55. The zero-order chi connectivity index (χ0) is 17.5. The summed E-state index contributed by atoms with van der Waals surface area (Å²) in [5.74, 6) is 1.76. The Bertz CT molecular complexity index is 791. The lowest BCUT2D eigenvalue weighted by Crippen LogP contribution is -2.42. The Morgan fingerprint density at radius 1 is 1.04 bits per heavy atom. The molecule has 5 rings (SSSR count). The number of nitrogens with two attached hydrogens (primary N) is 1. The first-order chi connectivity index (χ1) is 12.8. The van der Waals surface area contributed by atoms with Crippen molar-refractivity contribution in [3.8, 4) is 0 Å². The number of H-pyrrole nitrogens is 1. The average Bonchev–Trinajstić information content (AvgIpc) is 3.09. The van der Waals surface area contributed by atoms with E-state index in [1.807, 2.05) is 0 Å². The number of aromatic amines is 1. The molecule has 7 nitrogen and oxygen atoms in total. The van der Waals surface area contributed by atoms with E-state index in [-0.39, 0.29) is 0 Å². The van der Waals surface area contributed by atoms with E-state index in [9.17, 15) is 0 Å². The minimum absolute atomic E-state index is 0.655. The highest BCUT2D eigenvalue weighted by atomic mass is 16.5. The molecule has 0 atom stereocenters. The second-order valence-corrected chi connectivity index (χ2v) is 7.84. The Morgan fingerprint density at radius 2 is 1.85 bits per heavy atom. The summed E-state index contributed by atoms with van der Waals surface area (Å²) in [6.45, 7) is 5.44. The standard InChI is InChI=1S/C19H28N6O/c20-17-16-15-12-25(13-4-2-1-3-5-13)7-6-14(15)19(21-18(16)23-22-17)24-8-10-26-11-9-24/h13H,1-12H2,(H3,20,21,22,23). The number of morpholine rings is 1. The summed E-state index contributed by atoms with van der Waals surface area (Å²) in [6, 6.07) is 0.722. The van der Waals surface area contributed by atoms with Crippen LogP contribution in [0.3, 0.4) is 0 Å². The number of nitrogens with one attached hydrogen (secondary N) is 1. The summed E-state index contributed by atoms with van der Waals surface area (Å²) in [5.41, 5.74) is 9.72. The molecule has 2 aromatic rings. The molecule has 4 heterocycles. The number of nitrogens with zero attached hydrogens (tertiary/aromatic N) is 4. The van der Waals surface area contributed by atoms with Crippen LogP contribution in [0.5, 0.6) is 0 Å². The Kier molecular flexibility index (Phi) is 4.21. The van der Waals surface area contributed by atoms with Gasteiger partial charge in [-0.25, -0.2) is 4.98 Å². The van der Waals surface area contributed by atoms with Gasteiger partial charge in [0.2, 0.25) is 0 Å². The third kappa shape index (κ3) is 2.74. The SMILES string of the molecule is Nc1[nH]nc2nc(N3CCOCC3)c3c(c12)CN(C1CCCCC1)CC3. The summed E-state index contributed by atoms with van der Waals surface area (Å²) < 4.78 is 5.53. The summed E-state index contributed by atoms with van der Waals surface area (Å²) >= 11 is 0. The molecule has 2 aliphatic heterocycles. The Labute approximate surface area is 153 Å². The van der Waals surface area contributed by atoms with E-state index in [4.69, 9.17) is 15.5 Å². The van der Waals surface area contributed by atoms with Crippen molar-refractivity contribution in [3.05, 3.63) is 11.1 Å². The molecule has 3 aliphatic rings. The van der Waals surface area contributed by atoms with E-state index in [2.05, 4.69) is 20.0 Å². The fourth-order valence-corrected chi connectivity index (χ4v) is 4.95. The second kappa shape index (κ2) is 6.70. The fraction of sp³-hybridized carbons (Fsp3) is 0.684. The Hall–Kier alpha value is -1.86. The van der Waals surface area contributed by atoms with Gasteiger partial charge in [0.1, 0.15) is 11.6 Å². The number of hydrogen-bond donors (Lipinski definition) is 2. The molecule has 1 saturated heterocycles. The molecule has 2 fully saturated rings. The molecule has 3 N–H and O–H groups in total. The first kappa shape index (κ1) is 16.3. The minimum Gasteiger partial charge on any atom is -0.384 e. The van der Waals surface area contributed by atoms with Crippen LogP contribution in [-0.4, -0.2) is 59.0 Å². The van der Waals surface area contributed by atoms with Gasteiger partial charge in [0.15, 0.2) is 5.65 Å². The largest absolute Gasteiger partial charge is 0.384 e. The van der Waals surface area contributed by atoms with E-state index in [0.717, 1.165) is 68.7 Å². The van der Waals surface area contributed by atoms with E-state index in [1.54, 1.807) is 0 Å². The molecule has 7 heteroatoms. The first-order valence-corrected chi connectivity index (χ1v) is 10.0. The van der Waals surface area contributed by atoms with Crippen LogP contribution in [0.1, 0.15) is 43.2 Å². The predicted molar refractivity (Wildman–Crippen MR) is 102 cm³/mol.